The molecule has 1 aromatic heterocycles. The maximum atomic E-state index is 11.7. The zero-order valence-corrected chi connectivity index (χ0v) is 14.4. The molecule has 1 aromatic carbocycles. The summed E-state index contributed by atoms with van der Waals surface area (Å²) in [5.74, 6) is -0.190. The molecule has 0 bridgehead atoms. The number of nitrogens with one attached hydrogen (secondary N) is 1. The molecule has 0 saturated carbocycles. The standard InChI is InChI=1S/C17H21N3O2S/c1-13(16-5-4-10-23-16)19-22-12-17(21)18-11-14-6-8-15(9-7-14)20(2)3/h4-10H,11-12H2,1-3H3,(H,18,21). The molecule has 0 aliphatic carbocycles. The third-order valence-electron chi connectivity index (χ3n) is 3.22. The van der Waals surface area contributed by atoms with Gasteiger partial charge in [0.05, 0.1) is 10.6 Å². The summed E-state index contributed by atoms with van der Waals surface area (Å²) in [7, 11) is 3.99. The van der Waals surface area contributed by atoms with E-state index in [0.717, 1.165) is 21.8 Å². The van der Waals surface area contributed by atoms with Crippen LogP contribution in [-0.4, -0.2) is 32.3 Å². The third-order valence-corrected chi connectivity index (χ3v) is 4.20. The number of carbonyl (C=O) groups excluding carboxylic acids is 1. The fourth-order valence-electron chi connectivity index (χ4n) is 1.88. The average Bonchev–Trinajstić information content (AvgIpc) is 3.07. The van der Waals surface area contributed by atoms with Crippen molar-refractivity contribution in [1.29, 1.82) is 0 Å². The quantitative estimate of drug-likeness (QED) is 0.627. The van der Waals surface area contributed by atoms with Crippen molar-refractivity contribution in [2.75, 3.05) is 25.6 Å². The van der Waals surface area contributed by atoms with Crippen LogP contribution in [0.2, 0.25) is 0 Å². The van der Waals surface area contributed by atoms with Crippen molar-refractivity contribution in [3.8, 4) is 0 Å². The Labute approximate surface area is 140 Å². The highest BCUT2D eigenvalue weighted by Crippen LogP contribution is 2.12. The second-order valence-electron chi connectivity index (χ2n) is 5.27. The SMILES string of the molecule is CC(=NOCC(=O)NCc1ccc(N(C)C)cc1)c1cccs1. The summed E-state index contributed by atoms with van der Waals surface area (Å²) in [5, 5.41) is 8.74. The van der Waals surface area contributed by atoms with E-state index in [9.17, 15) is 4.79 Å². The van der Waals surface area contributed by atoms with Crippen LogP contribution >= 0.6 is 11.3 Å². The Hall–Kier alpha value is -2.34. The van der Waals surface area contributed by atoms with Gasteiger partial charge in [0, 0.05) is 26.3 Å². The lowest BCUT2D eigenvalue weighted by molar-refractivity contribution is -0.125. The molecule has 1 heterocycles. The van der Waals surface area contributed by atoms with Crippen LogP contribution in [0.5, 0.6) is 0 Å². The molecule has 0 unspecified atom stereocenters. The number of oxime groups is 1. The number of rotatable bonds is 7. The Bertz CT molecular complexity index is 649. The molecule has 1 amide bonds. The van der Waals surface area contributed by atoms with E-state index in [1.807, 2.05) is 67.7 Å². The number of amides is 1. The van der Waals surface area contributed by atoms with E-state index in [-0.39, 0.29) is 12.5 Å². The molecule has 23 heavy (non-hydrogen) atoms. The fourth-order valence-corrected chi connectivity index (χ4v) is 2.55. The first-order valence-electron chi connectivity index (χ1n) is 7.29. The van der Waals surface area contributed by atoms with Crippen molar-refractivity contribution in [3.63, 3.8) is 0 Å². The molecule has 0 radical (unpaired) electrons. The summed E-state index contributed by atoms with van der Waals surface area (Å²) in [6.07, 6.45) is 0. The highest BCUT2D eigenvalue weighted by atomic mass is 32.1. The van der Waals surface area contributed by atoms with Gasteiger partial charge in [-0.05, 0) is 36.1 Å². The van der Waals surface area contributed by atoms with Crippen molar-refractivity contribution in [3.05, 3.63) is 52.2 Å². The monoisotopic (exact) mass is 331 g/mol. The third kappa shape index (κ3) is 5.41. The number of hydrogen-bond acceptors (Lipinski definition) is 5. The van der Waals surface area contributed by atoms with Crippen molar-refractivity contribution in [1.82, 2.24) is 5.32 Å². The molecule has 0 aliphatic rings. The summed E-state index contributed by atoms with van der Waals surface area (Å²) in [6, 6.07) is 11.9. The molecule has 0 aliphatic heterocycles. The van der Waals surface area contributed by atoms with E-state index >= 15 is 0 Å². The van der Waals surface area contributed by atoms with Gasteiger partial charge >= 0.3 is 0 Å². The summed E-state index contributed by atoms with van der Waals surface area (Å²) < 4.78 is 0. The van der Waals surface area contributed by atoms with Gasteiger partial charge in [-0.25, -0.2) is 0 Å². The zero-order chi connectivity index (χ0) is 16.7. The minimum absolute atomic E-state index is 0.0848. The molecule has 2 rings (SSSR count). The molecule has 0 atom stereocenters. The van der Waals surface area contributed by atoms with Gasteiger partial charge in [0.2, 0.25) is 0 Å². The van der Waals surface area contributed by atoms with Gasteiger partial charge in [-0.2, -0.15) is 0 Å². The van der Waals surface area contributed by atoms with Crippen molar-refractivity contribution in [2.45, 2.75) is 13.5 Å². The second kappa shape index (κ2) is 8.33. The Morgan fingerprint density at radius 2 is 2.00 bits per heavy atom. The first kappa shape index (κ1) is 17.0. The molecular weight excluding hydrogens is 310 g/mol. The van der Waals surface area contributed by atoms with Crippen LogP contribution in [-0.2, 0) is 16.2 Å². The first-order valence-corrected chi connectivity index (χ1v) is 8.17. The number of benzene rings is 1. The first-order chi connectivity index (χ1) is 11.1. The van der Waals surface area contributed by atoms with Crippen LogP contribution in [0.25, 0.3) is 0 Å². The van der Waals surface area contributed by atoms with Gasteiger partial charge in [-0.15, -0.1) is 11.3 Å². The lowest BCUT2D eigenvalue weighted by atomic mass is 10.2. The predicted octanol–water partition coefficient (Wildman–Crippen LogP) is 2.87. The lowest BCUT2D eigenvalue weighted by Crippen LogP contribution is -2.26. The molecule has 0 fully saturated rings. The Morgan fingerprint density at radius 3 is 2.61 bits per heavy atom. The Morgan fingerprint density at radius 1 is 1.26 bits per heavy atom. The van der Waals surface area contributed by atoms with E-state index in [0.29, 0.717) is 6.54 Å². The number of nitrogens with zero attached hydrogens (tertiary/aromatic N) is 2. The van der Waals surface area contributed by atoms with Gasteiger partial charge in [0.15, 0.2) is 6.61 Å². The van der Waals surface area contributed by atoms with E-state index in [2.05, 4.69) is 10.5 Å². The summed E-state index contributed by atoms with van der Waals surface area (Å²) in [6.45, 7) is 2.25. The minimum Gasteiger partial charge on any atom is -0.385 e. The maximum Gasteiger partial charge on any atom is 0.261 e. The van der Waals surface area contributed by atoms with Crippen LogP contribution < -0.4 is 10.2 Å². The van der Waals surface area contributed by atoms with Crippen molar-refractivity contribution >= 4 is 28.6 Å². The number of anilines is 1. The lowest BCUT2D eigenvalue weighted by Gasteiger charge is -2.12. The Balaban J connectivity index is 1.74. The zero-order valence-electron chi connectivity index (χ0n) is 13.6. The molecule has 122 valence electrons. The smallest absolute Gasteiger partial charge is 0.261 e. The summed E-state index contributed by atoms with van der Waals surface area (Å²) >= 11 is 1.59. The van der Waals surface area contributed by atoms with E-state index < -0.39 is 0 Å². The average molecular weight is 331 g/mol. The van der Waals surface area contributed by atoms with E-state index in [4.69, 9.17) is 4.84 Å². The largest absolute Gasteiger partial charge is 0.385 e. The van der Waals surface area contributed by atoms with Gasteiger partial charge < -0.3 is 15.1 Å². The molecule has 0 saturated heterocycles. The number of hydrogen-bond donors (Lipinski definition) is 1. The minimum atomic E-state index is -0.190. The molecule has 5 nitrogen and oxygen atoms in total. The second-order valence-corrected chi connectivity index (χ2v) is 6.21. The maximum absolute atomic E-state index is 11.7. The summed E-state index contributed by atoms with van der Waals surface area (Å²) in [4.78, 5) is 19.9. The van der Waals surface area contributed by atoms with Gasteiger partial charge in [-0.1, -0.05) is 23.4 Å². The molecule has 6 heteroatoms. The van der Waals surface area contributed by atoms with Crippen LogP contribution in [0.4, 0.5) is 5.69 Å². The molecule has 0 spiro atoms. The van der Waals surface area contributed by atoms with Crippen LogP contribution in [0.15, 0.2) is 46.9 Å². The highest BCUT2D eigenvalue weighted by Gasteiger charge is 2.03. The number of thiophene rings is 1. The predicted molar refractivity (Wildman–Crippen MR) is 95.1 cm³/mol. The molecule has 1 N–H and O–H groups in total. The molecule has 2 aromatic rings. The topological polar surface area (TPSA) is 53.9 Å². The van der Waals surface area contributed by atoms with Crippen LogP contribution in [0.1, 0.15) is 17.4 Å². The fraction of sp³-hybridized carbons (Fsp3) is 0.294. The molecular formula is C17H21N3O2S. The van der Waals surface area contributed by atoms with Crippen molar-refractivity contribution in [2.24, 2.45) is 5.16 Å². The summed E-state index contributed by atoms with van der Waals surface area (Å²) in [5.41, 5.74) is 2.94. The van der Waals surface area contributed by atoms with Crippen LogP contribution in [0.3, 0.4) is 0 Å². The van der Waals surface area contributed by atoms with Gasteiger partial charge in [-0.3, -0.25) is 4.79 Å². The van der Waals surface area contributed by atoms with E-state index in [1.165, 1.54) is 0 Å². The van der Waals surface area contributed by atoms with E-state index in [1.54, 1.807) is 11.3 Å². The van der Waals surface area contributed by atoms with Crippen molar-refractivity contribution < 1.29 is 9.63 Å². The van der Waals surface area contributed by atoms with Gasteiger partial charge in [0.1, 0.15) is 0 Å². The van der Waals surface area contributed by atoms with Gasteiger partial charge in [0.25, 0.3) is 5.91 Å². The normalized spacial score (nSPS) is 11.2. The van der Waals surface area contributed by atoms with Crippen LogP contribution in [0, 0.1) is 0 Å². The highest BCUT2D eigenvalue weighted by molar-refractivity contribution is 7.12. The number of carbonyl (C=O) groups is 1. The Kier molecular flexibility index (Phi) is 6.17.